The van der Waals surface area contributed by atoms with E-state index in [-0.39, 0.29) is 0 Å². The van der Waals surface area contributed by atoms with Gasteiger partial charge in [-0.05, 0) is 46.0 Å². The Bertz CT molecular complexity index is 508. The van der Waals surface area contributed by atoms with Crippen LogP contribution in [0.5, 0.6) is 0 Å². The second kappa shape index (κ2) is 5.55. The molecule has 0 aliphatic carbocycles. The van der Waals surface area contributed by atoms with Gasteiger partial charge in [0.05, 0.1) is 0 Å². The first-order chi connectivity index (χ1) is 8.81. The third kappa shape index (κ3) is 2.85. The van der Waals surface area contributed by atoms with Gasteiger partial charge in [0, 0.05) is 34.4 Å². The van der Waals surface area contributed by atoms with Crippen molar-refractivity contribution >= 4 is 27.3 Å². The van der Waals surface area contributed by atoms with Gasteiger partial charge in [-0.25, -0.2) is 0 Å². The van der Waals surface area contributed by atoms with Crippen LogP contribution < -0.4 is 0 Å². The molecule has 1 nitrogen and oxygen atoms in total. The average molecular weight is 322 g/mol. The summed E-state index contributed by atoms with van der Waals surface area (Å²) in [5.41, 5.74) is 3.07. The number of halogens is 1. The van der Waals surface area contributed by atoms with Crippen LogP contribution in [0.1, 0.15) is 16.0 Å². The van der Waals surface area contributed by atoms with Gasteiger partial charge >= 0.3 is 0 Å². The maximum Gasteiger partial charge on any atom is 0.0328 e. The molecule has 0 unspecified atom stereocenters. The van der Waals surface area contributed by atoms with Crippen molar-refractivity contribution < 1.29 is 0 Å². The molecule has 0 N–H and O–H groups in total. The Balaban J connectivity index is 1.68. The molecule has 2 aromatic rings. The van der Waals surface area contributed by atoms with Crippen molar-refractivity contribution in [3.8, 4) is 0 Å². The van der Waals surface area contributed by atoms with Crippen LogP contribution in [0.3, 0.4) is 0 Å². The first-order valence-electron chi connectivity index (χ1n) is 6.33. The van der Waals surface area contributed by atoms with E-state index in [4.69, 9.17) is 0 Å². The molecule has 1 aliphatic rings. The van der Waals surface area contributed by atoms with Gasteiger partial charge in [0.15, 0.2) is 0 Å². The molecule has 3 rings (SSSR count). The first kappa shape index (κ1) is 12.4. The van der Waals surface area contributed by atoms with Crippen molar-refractivity contribution in [1.29, 1.82) is 0 Å². The van der Waals surface area contributed by atoms with Crippen molar-refractivity contribution in [2.45, 2.75) is 19.4 Å². The van der Waals surface area contributed by atoms with Crippen LogP contribution >= 0.6 is 27.3 Å². The van der Waals surface area contributed by atoms with Crippen LogP contribution in [-0.2, 0) is 19.4 Å². The lowest BCUT2D eigenvalue weighted by Gasteiger charge is -2.18. The molecule has 0 radical (unpaired) electrons. The number of benzene rings is 1. The highest BCUT2D eigenvalue weighted by molar-refractivity contribution is 9.10. The number of fused-ring (bicyclic) bond motifs is 1. The minimum absolute atomic E-state index is 1.09. The van der Waals surface area contributed by atoms with Gasteiger partial charge < -0.3 is 0 Å². The van der Waals surface area contributed by atoms with Crippen LogP contribution in [0.2, 0.25) is 0 Å². The number of rotatable bonds is 2. The van der Waals surface area contributed by atoms with E-state index in [1.165, 1.54) is 46.4 Å². The highest BCUT2D eigenvalue weighted by Gasteiger charge is 2.14. The highest BCUT2D eigenvalue weighted by Crippen LogP contribution is 2.23. The molecule has 0 spiro atoms. The second-order valence-electron chi connectivity index (χ2n) is 4.78. The van der Waals surface area contributed by atoms with E-state index in [0.717, 1.165) is 6.54 Å². The molecule has 18 heavy (non-hydrogen) atoms. The van der Waals surface area contributed by atoms with Crippen molar-refractivity contribution in [3.05, 3.63) is 56.2 Å². The lowest BCUT2D eigenvalue weighted by atomic mass is 10.0. The zero-order valence-electron chi connectivity index (χ0n) is 10.2. The summed E-state index contributed by atoms with van der Waals surface area (Å²) in [5, 5.41) is 2.17. The van der Waals surface area contributed by atoms with Crippen LogP contribution in [0.25, 0.3) is 0 Å². The van der Waals surface area contributed by atoms with E-state index >= 15 is 0 Å². The number of hydrogen-bond donors (Lipinski definition) is 0. The van der Waals surface area contributed by atoms with E-state index in [2.05, 4.69) is 56.5 Å². The Hall–Kier alpha value is -0.640. The fraction of sp³-hybridized carbons (Fsp3) is 0.333. The van der Waals surface area contributed by atoms with Crippen molar-refractivity contribution in [2.75, 3.05) is 13.1 Å². The molecular weight excluding hydrogens is 306 g/mol. The third-order valence-corrected chi connectivity index (χ3v) is 5.20. The Morgan fingerprint density at radius 3 is 2.33 bits per heavy atom. The molecule has 0 atom stereocenters. The standard InChI is InChI=1S/C15H16BrNS/c16-14-9-15(18-11-14)10-17-7-5-12-3-1-2-4-13(12)6-8-17/h1-4,9,11H,5-8,10H2. The van der Waals surface area contributed by atoms with Crippen LogP contribution in [0.4, 0.5) is 0 Å². The fourth-order valence-corrected chi connectivity index (χ4v) is 4.02. The molecular formula is C15H16BrNS. The topological polar surface area (TPSA) is 3.24 Å². The molecule has 1 aliphatic heterocycles. The van der Waals surface area contributed by atoms with Gasteiger partial charge in [-0.15, -0.1) is 11.3 Å². The predicted octanol–water partition coefficient (Wildman–Crippen LogP) is 4.11. The molecule has 3 heteroatoms. The zero-order valence-corrected chi connectivity index (χ0v) is 12.6. The normalized spacial score (nSPS) is 16.3. The van der Waals surface area contributed by atoms with E-state index in [0.29, 0.717) is 0 Å². The molecule has 0 saturated heterocycles. The lowest BCUT2D eigenvalue weighted by molar-refractivity contribution is 0.281. The van der Waals surface area contributed by atoms with Crippen LogP contribution in [0.15, 0.2) is 40.2 Å². The largest absolute Gasteiger partial charge is 0.298 e. The van der Waals surface area contributed by atoms with Gasteiger partial charge in [0.1, 0.15) is 0 Å². The summed E-state index contributed by atoms with van der Waals surface area (Å²) in [6, 6.07) is 11.1. The lowest BCUT2D eigenvalue weighted by Crippen LogP contribution is -2.25. The highest BCUT2D eigenvalue weighted by atomic mass is 79.9. The minimum atomic E-state index is 1.09. The van der Waals surface area contributed by atoms with Crippen molar-refractivity contribution in [3.63, 3.8) is 0 Å². The summed E-state index contributed by atoms with van der Waals surface area (Å²) in [6.07, 6.45) is 2.37. The van der Waals surface area contributed by atoms with Crippen molar-refractivity contribution in [1.82, 2.24) is 4.90 Å². The molecule has 94 valence electrons. The van der Waals surface area contributed by atoms with E-state index < -0.39 is 0 Å². The van der Waals surface area contributed by atoms with Gasteiger partial charge in [0.2, 0.25) is 0 Å². The molecule has 1 aromatic carbocycles. The fourth-order valence-electron chi connectivity index (χ4n) is 2.53. The minimum Gasteiger partial charge on any atom is -0.298 e. The molecule has 0 bridgehead atoms. The number of nitrogens with zero attached hydrogens (tertiary/aromatic N) is 1. The van der Waals surface area contributed by atoms with E-state index in [1.54, 1.807) is 0 Å². The molecule has 0 fully saturated rings. The molecule has 0 amide bonds. The Morgan fingerprint density at radius 2 is 1.78 bits per heavy atom. The monoisotopic (exact) mass is 321 g/mol. The maximum atomic E-state index is 3.53. The number of thiophene rings is 1. The predicted molar refractivity (Wildman–Crippen MR) is 81.1 cm³/mol. The second-order valence-corrected chi connectivity index (χ2v) is 6.69. The van der Waals surface area contributed by atoms with Gasteiger partial charge in [-0.2, -0.15) is 0 Å². The summed E-state index contributed by atoms with van der Waals surface area (Å²) in [4.78, 5) is 4.02. The maximum absolute atomic E-state index is 3.53. The summed E-state index contributed by atoms with van der Waals surface area (Å²) in [7, 11) is 0. The Kier molecular flexibility index (Phi) is 3.83. The van der Waals surface area contributed by atoms with E-state index in [1.807, 2.05) is 11.3 Å². The number of hydrogen-bond acceptors (Lipinski definition) is 2. The summed E-state index contributed by atoms with van der Waals surface area (Å²) in [5.74, 6) is 0. The molecule has 1 aromatic heterocycles. The van der Waals surface area contributed by atoms with Gasteiger partial charge in [0.25, 0.3) is 0 Å². The Labute approximate surface area is 121 Å². The molecule has 0 saturated carbocycles. The Morgan fingerprint density at radius 1 is 1.11 bits per heavy atom. The summed E-state index contributed by atoms with van der Waals surface area (Å²) < 4.78 is 1.21. The van der Waals surface area contributed by atoms with Gasteiger partial charge in [-0.1, -0.05) is 24.3 Å². The SMILES string of the molecule is Brc1csc(CN2CCc3ccccc3CC2)c1. The summed E-state index contributed by atoms with van der Waals surface area (Å²) in [6.45, 7) is 3.43. The first-order valence-corrected chi connectivity index (χ1v) is 8.00. The van der Waals surface area contributed by atoms with Crippen LogP contribution in [-0.4, -0.2) is 18.0 Å². The van der Waals surface area contributed by atoms with E-state index in [9.17, 15) is 0 Å². The average Bonchev–Trinajstić information content (AvgIpc) is 2.68. The van der Waals surface area contributed by atoms with Crippen molar-refractivity contribution in [2.24, 2.45) is 0 Å². The summed E-state index contributed by atoms with van der Waals surface area (Å²) >= 11 is 5.37. The zero-order chi connectivity index (χ0) is 12.4. The quantitative estimate of drug-likeness (QED) is 0.804. The van der Waals surface area contributed by atoms with Gasteiger partial charge in [-0.3, -0.25) is 4.90 Å². The third-order valence-electron chi connectivity index (χ3n) is 3.51. The molecule has 2 heterocycles. The van der Waals surface area contributed by atoms with Crippen LogP contribution in [0, 0.1) is 0 Å². The smallest absolute Gasteiger partial charge is 0.0328 e.